The molecule has 20 heavy (non-hydrogen) atoms. The van der Waals surface area contributed by atoms with E-state index >= 15 is 0 Å². The maximum Gasteiger partial charge on any atom is 0.122 e. The molecule has 1 aromatic rings. The first kappa shape index (κ1) is 17.0. The second-order valence-corrected chi connectivity index (χ2v) is 4.75. The molecule has 0 aliphatic rings. The van der Waals surface area contributed by atoms with E-state index in [1.54, 1.807) is 0 Å². The van der Waals surface area contributed by atoms with Crippen LogP contribution in [-0.2, 0) is 16.0 Å². The second-order valence-electron chi connectivity index (χ2n) is 4.75. The van der Waals surface area contributed by atoms with Gasteiger partial charge in [0.2, 0.25) is 0 Å². The van der Waals surface area contributed by atoms with Crippen LogP contribution in [0.1, 0.15) is 25.0 Å². The van der Waals surface area contributed by atoms with E-state index in [9.17, 15) is 5.11 Å². The first-order valence-corrected chi connectivity index (χ1v) is 7.34. The zero-order valence-corrected chi connectivity index (χ0v) is 12.9. The third-order valence-corrected chi connectivity index (χ3v) is 3.23. The Morgan fingerprint density at radius 1 is 1.05 bits per heavy atom. The summed E-state index contributed by atoms with van der Waals surface area (Å²) in [6, 6.07) is 5.87. The molecule has 4 heteroatoms. The van der Waals surface area contributed by atoms with Crippen molar-refractivity contribution in [1.82, 2.24) is 4.90 Å². The van der Waals surface area contributed by atoms with Crippen LogP contribution in [0, 0.1) is 6.92 Å². The highest BCUT2D eigenvalue weighted by molar-refractivity contribution is 5.39. The Kier molecular flexibility index (Phi) is 8.26. The van der Waals surface area contributed by atoms with E-state index < -0.39 is 0 Å². The Balaban J connectivity index is 2.59. The van der Waals surface area contributed by atoms with Crippen molar-refractivity contribution >= 4 is 0 Å². The normalized spacial score (nSPS) is 11.2. The van der Waals surface area contributed by atoms with Crippen LogP contribution >= 0.6 is 0 Å². The number of ether oxygens (including phenoxy) is 2. The summed E-state index contributed by atoms with van der Waals surface area (Å²) >= 11 is 0. The van der Waals surface area contributed by atoms with Crippen molar-refractivity contribution in [2.45, 2.75) is 27.3 Å². The summed E-state index contributed by atoms with van der Waals surface area (Å²) in [7, 11) is 0. The quantitative estimate of drug-likeness (QED) is 0.669. The zero-order valence-electron chi connectivity index (χ0n) is 12.9. The van der Waals surface area contributed by atoms with Gasteiger partial charge in [-0.3, -0.25) is 4.90 Å². The standard InChI is InChI=1S/C16H27NO3/c1-4-19-11-9-17(10-12-20-5-2)13-15-8-6-7-14(3)16(15)18/h6-8,18H,4-5,9-13H2,1-3H3. The minimum absolute atomic E-state index is 0.394. The Hall–Kier alpha value is -1.10. The van der Waals surface area contributed by atoms with Crippen molar-refractivity contribution in [2.75, 3.05) is 39.5 Å². The molecule has 1 aromatic carbocycles. The lowest BCUT2D eigenvalue weighted by molar-refractivity contribution is 0.0794. The number of nitrogens with zero attached hydrogens (tertiary/aromatic N) is 1. The van der Waals surface area contributed by atoms with Crippen molar-refractivity contribution in [2.24, 2.45) is 0 Å². The maximum absolute atomic E-state index is 10.1. The SMILES string of the molecule is CCOCCN(CCOCC)Cc1cccc(C)c1O. The number of phenols is 1. The summed E-state index contributed by atoms with van der Waals surface area (Å²) in [5.74, 6) is 0.394. The topological polar surface area (TPSA) is 41.9 Å². The van der Waals surface area contributed by atoms with Gasteiger partial charge in [-0.25, -0.2) is 0 Å². The first-order chi connectivity index (χ1) is 9.69. The highest BCUT2D eigenvalue weighted by atomic mass is 16.5. The monoisotopic (exact) mass is 281 g/mol. The van der Waals surface area contributed by atoms with Gasteiger partial charge >= 0.3 is 0 Å². The van der Waals surface area contributed by atoms with Crippen LogP contribution in [0.3, 0.4) is 0 Å². The van der Waals surface area contributed by atoms with Crippen molar-refractivity contribution in [3.05, 3.63) is 29.3 Å². The fraction of sp³-hybridized carbons (Fsp3) is 0.625. The van der Waals surface area contributed by atoms with Crippen LogP contribution in [-0.4, -0.2) is 49.5 Å². The van der Waals surface area contributed by atoms with Gasteiger partial charge < -0.3 is 14.6 Å². The molecule has 0 atom stereocenters. The minimum atomic E-state index is 0.394. The van der Waals surface area contributed by atoms with Gasteiger partial charge in [0.1, 0.15) is 5.75 Å². The van der Waals surface area contributed by atoms with Crippen LogP contribution in [0.25, 0.3) is 0 Å². The lowest BCUT2D eigenvalue weighted by atomic mass is 10.1. The van der Waals surface area contributed by atoms with E-state index in [-0.39, 0.29) is 0 Å². The molecule has 114 valence electrons. The molecule has 0 amide bonds. The fourth-order valence-corrected chi connectivity index (χ4v) is 2.03. The number of benzene rings is 1. The number of phenolic OH excluding ortho intramolecular Hbond substituents is 1. The Morgan fingerprint density at radius 2 is 1.65 bits per heavy atom. The highest BCUT2D eigenvalue weighted by Gasteiger charge is 2.10. The fourth-order valence-electron chi connectivity index (χ4n) is 2.03. The van der Waals surface area contributed by atoms with Crippen LogP contribution in [0.2, 0.25) is 0 Å². The van der Waals surface area contributed by atoms with Gasteiger partial charge in [0.25, 0.3) is 0 Å². The summed E-state index contributed by atoms with van der Waals surface area (Å²) in [5.41, 5.74) is 1.87. The van der Waals surface area contributed by atoms with Crippen molar-refractivity contribution in [3.63, 3.8) is 0 Å². The van der Waals surface area contributed by atoms with Crippen molar-refractivity contribution in [3.8, 4) is 5.75 Å². The minimum Gasteiger partial charge on any atom is -0.507 e. The van der Waals surface area contributed by atoms with Crippen LogP contribution in [0.15, 0.2) is 18.2 Å². The molecular formula is C16H27NO3. The smallest absolute Gasteiger partial charge is 0.122 e. The molecule has 0 spiro atoms. The summed E-state index contributed by atoms with van der Waals surface area (Å²) < 4.78 is 10.8. The Labute approximate surface area is 122 Å². The molecule has 0 aliphatic carbocycles. The van der Waals surface area contributed by atoms with Gasteiger partial charge in [-0.1, -0.05) is 18.2 Å². The van der Waals surface area contributed by atoms with Gasteiger partial charge in [0.05, 0.1) is 13.2 Å². The molecule has 0 unspecified atom stereocenters. The van der Waals surface area contributed by atoms with E-state index in [2.05, 4.69) is 4.90 Å². The number of aromatic hydroxyl groups is 1. The van der Waals surface area contributed by atoms with Gasteiger partial charge in [-0.15, -0.1) is 0 Å². The lowest BCUT2D eigenvalue weighted by Gasteiger charge is -2.23. The van der Waals surface area contributed by atoms with E-state index in [0.29, 0.717) is 25.5 Å². The third kappa shape index (κ3) is 5.90. The second kappa shape index (κ2) is 9.75. The molecule has 0 bridgehead atoms. The first-order valence-electron chi connectivity index (χ1n) is 7.34. The molecule has 0 radical (unpaired) electrons. The molecule has 1 N–H and O–H groups in total. The largest absolute Gasteiger partial charge is 0.507 e. The van der Waals surface area contributed by atoms with Crippen LogP contribution < -0.4 is 0 Å². The molecule has 1 rings (SSSR count). The Morgan fingerprint density at radius 3 is 2.20 bits per heavy atom. The molecule has 0 saturated heterocycles. The number of aryl methyl sites for hydroxylation is 1. The number of para-hydroxylation sites is 1. The van der Waals surface area contributed by atoms with E-state index in [1.165, 1.54) is 0 Å². The van der Waals surface area contributed by atoms with E-state index in [1.807, 2.05) is 39.0 Å². The molecule has 4 nitrogen and oxygen atoms in total. The molecule has 0 heterocycles. The van der Waals surface area contributed by atoms with E-state index in [4.69, 9.17) is 9.47 Å². The average Bonchev–Trinajstić information content (AvgIpc) is 2.44. The summed E-state index contributed by atoms with van der Waals surface area (Å²) in [6.07, 6.45) is 0. The predicted octanol–water partition coefficient (Wildman–Crippen LogP) is 2.58. The highest BCUT2D eigenvalue weighted by Crippen LogP contribution is 2.22. The number of hydrogen-bond donors (Lipinski definition) is 1. The molecule has 0 aliphatic heterocycles. The van der Waals surface area contributed by atoms with Gasteiger partial charge in [-0.2, -0.15) is 0 Å². The summed E-state index contributed by atoms with van der Waals surface area (Å²) in [5, 5.41) is 10.1. The van der Waals surface area contributed by atoms with Crippen molar-refractivity contribution in [1.29, 1.82) is 0 Å². The van der Waals surface area contributed by atoms with Crippen LogP contribution in [0.5, 0.6) is 5.75 Å². The Bertz CT molecular complexity index is 372. The lowest BCUT2D eigenvalue weighted by Crippen LogP contribution is -2.30. The third-order valence-electron chi connectivity index (χ3n) is 3.23. The zero-order chi connectivity index (χ0) is 14.8. The summed E-state index contributed by atoms with van der Waals surface area (Å²) in [6.45, 7) is 11.2. The van der Waals surface area contributed by atoms with Gasteiger partial charge in [-0.05, 0) is 26.3 Å². The predicted molar refractivity (Wildman–Crippen MR) is 81.1 cm³/mol. The molecule has 0 aromatic heterocycles. The molecular weight excluding hydrogens is 254 g/mol. The van der Waals surface area contributed by atoms with Crippen LogP contribution in [0.4, 0.5) is 0 Å². The average molecular weight is 281 g/mol. The number of rotatable bonds is 10. The molecule has 0 saturated carbocycles. The maximum atomic E-state index is 10.1. The van der Waals surface area contributed by atoms with E-state index in [0.717, 1.165) is 37.4 Å². The molecule has 0 fully saturated rings. The van der Waals surface area contributed by atoms with Gasteiger partial charge in [0.15, 0.2) is 0 Å². The van der Waals surface area contributed by atoms with Crippen molar-refractivity contribution < 1.29 is 14.6 Å². The summed E-state index contributed by atoms with van der Waals surface area (Å²) in [4.78, 5) is 2.25. The van der Waals surface area contributed by atoms with Gasteiger partial charge in [0, 0.05) is 38.4 Å². The number of hydrogen-bond acceptors (Lipinski definition) is 4.